The van der Waals surface area contributed by atoms with Crippen molar-refractivity contribution in [3.05, 3.63) is 35.4 Å². The van der Waals surface area contributed by atoms with Crippen LogP contribution in [0.4, 0.5) is 13.2 Å². The molecule has 0 nitrogen and oxygen atoms in total. The van der Waals surface area contributed by atoms with Crippen LogP contribution in [0, 0.1) is 5.41 Å². The van der Waals surface area contributed by atoms with Crippen LogP contribution in [0.15, 0.2) is 24.3 Å². The first-order valence-electron chi connectivity index (χ1n) is 5.64. The Morgan fingerprint density at radius 2 is 2.00 bits per heavy atom. The van der Waals surface area contributed by atoms with Crippen LogP contribution >= 0.6 is 15.9 Å². The summed E-state index contributed by atoms with van der Waals surface area (Å²) < 4.78 is 37.7. The molecule has 1 aliphatic rings. The molecule has 1 atom stereocenters. The molecule has 1 aromatic rings. The molecule has 17 heavy (non-hydrogen) atoms. The first-order valence-corrected chi connectivity index (χ1v) is 6.55. The van der Waals surface area contributed by atoms with Crippen molar-refractivity contribution >= 4 is 15.9 Å². The van der Waals surface area contributed by atoms with Gasteiger partial charge in [0, 0.05) is 4.83 Å². The van der Waals surface area contributed by atoms with E-state index in [1.54, 1.807) is 6.07 Å². The van der Waals surface area contributed by atoms with E-state index in [4.69, 9.17) is 0 Å². The second-order valence-corrected chi connectivity index (χ2v) is 6.23. The van der Waals surface area contributed by atoms with E-state index in [0.717, 1.165) is 30.9 Å². The van der Waals surface area contributed by atoms with Gasteiger partial charge in [0.2, 0.25) is 0 Å². The molecule has 94 valence electrons. The lowest BCUT2D eigenvalue weighted by Crippen LogP contribution is -2.15. The predicted octanol–water partition coefficient (Wildman–Crippen LogP) is 4.81. The Bertz CT molecular complexity index is 405. The molecule has 2 rings (SSSR count). The number of rotatable bonds is 3. The van der Waals surface area contributed by atoms with Crippen molar-refractivity contribution < 1.29 is 13.2 Å². The van der Waals surface area contributed by atoms with E-state index in [-0.39, 0.29) is 5.41 Å². The molecule has 1 fully saturated rings. The summed E-state index contributed by atoms with van der Waals surface area (Å²) in [5, 5.41) is 0. The van der Waals surface area contributed by atoms with Gasteiger partial charge in [0.15, 0.2) is 0 Å². The van der Waals surface area contributed by atoms with Crippen LogP contribution in [-0.4, -0.2) is 4.83 Å². The van der Waals surface area contributed by atoms with E-state index in [2.05, 4.69) is 22.9 Å². The Hall–Kier alpha value is -0.510. The van der Waals surface area contributed by atoms with Crippen LogP contribution in [0.3, 0.4) is 0 Å². The molecular formula is C13H14BrF3. The lowest BCUT2D eigenvalue weighted by Gasteiger charge is -2.18. The Labute approximate surface area is 107 Å². The van der Waals surface area contributed by atoms with Crippen LogP contribution in [0.2, 0.25) is 0 Å². The molecule has 1 aliphatic carbocycles. The summed E-state index contributed by atoms with van der Waals surface area (Å²) in [6, 6.07) is 5.67. The van der Waals surface area contributed by atoms with Gasteiger partial charge in [-0.25, -0.2) is 0 Å². The molecule has 0 bridgehead atoms. The fraction of sp³-hybridized carbons (Fsp3) is 0.538. The first kappa shape index (κ1) is 12.9. The third-order valence-corrected chi connectivity index (χ3v) is 4.52. The van der Waals surface area contributed by atoms with Gasteiger partial charge in [-0.05, 0) is 36.3 Å². The summed E-state index contributed by atoms with van der Waals surface area (Å²) in [6.07, 6.45) is -1.33. The molecule has 4 heteroatoms. The van der Waals surface area contributed by atoms with E-state index in [9.17, 15) is 13.2 Å². The van der Waals surface area contributed by atoms with Gasteiger partial charge < -0.3 is 0 Å². The number of halogens is 4. The van der Waals surface area contributed by atoms with Crippen molar-refractivity contribution in [2.75, 3.05) is 0 Å². The smallest absolute Gasteiger partial charge is 0.166 e. The third-order valence-electron chi connectivity index (χ3n) is 3.55. The zero-order valence-electron chi connectivity index (χ0n) is 9.52. The number of alkyl halides is 4. The van der Waals surface area contributed by atoms with Crippen molar-refractivity contribution in [1.29, 1.82) is 0 Å². The molecule has 0 aromatic heterocycles. The highest BCUT2D eigenvalue weighted by atomic mass is 79.9. The number of benzene rings is 1. The Morgan fingerprint density at radius 1 is 1.35 bits per heavy atom. The lowest BCUT2D eigenvalue weighted by molar-refractivity contribution is -0.137. The summed E-state index contributed by atoms with van der Waals surface area (Å²) in [5.41, 5.74) is 0.404. The quantitative estimate of drug-likeness (QED) is 0.703. The zero-order chi connectivity index (χ0) is 12.7. The van der Waals surface area contributed by atoms with Crippen molar-refractivity contribution in [3.63, 3.8) is 0 Å². The second-order valence-electron chi connectivity index (χ2n) is 4.85. The SMILES string of the molecule is CC(Br)C1(Cc2cccc(C(F)(F)F)c2)CC1. The molecule has 0 saturated heterocycles. The molecule has 1 aromatic carbocycles. The monoisotopic (exact) mass is 306 g/mol. The Kier molecular flexibility index (Phi) is 3.27. The Balaban J connectivity index is 2.18. The topological polar surface area (TPSA) is 0 Å². The fourth-order valence-corrected chi connectivity index (χ4v) is 2.76. The second kappa shape index (κ2) is 4.30. The molecular weight excluding hydrogens is 293 g/mol. The minimum absolute atomic E-state index is 0.171. The molecule has 0 heterocycles. The summed E-state index contributed by atoms with van der Waals surface area (Å²) in [5.74, 6) is 0. The van der Waals surface area contributed by atoms with Gasteiger partial charge >= 0.3 is 6.18 Å². The highest BCUT2D eigenvalue weighted by Gasteiger charge is 2.46. The van der Waals surface area contributed by atoms with Crippen molar-refractivity contribution in [3.8, 4) is 0 Å². The maximum Gasteiger partial charge on any atom is 0.416 e. The molecule has 0 amide bonds. The van der Waals surface area contributed by atoms with Crippen LogP contribution in [-0.2, 0) is 12.6 Å². The maximum absolute atomic E-state index is 12.6. The van der Waals surface area contributed by atoms with Crippen molar-refractivity contribution in [2.45, 2.75) is 37.2 Å². The third kappa shape index (κ3) is 2.84. The van der Waals surface area contributed by atoms with E-state index in [1.165, 1.54) is 12.1 Å². The molecule has 0 aliphatic heterocycles. The van der Waals surface area contributed by atoms with E-state index in [0.29, 0.717) is 4.83 Å². The molecule has 0 spiro atoms. The normalized spacial score (nSPS) is 20.1. The number of hydrogen-bond donors (Lipinski definition) is 0. The van der Waals surface area contributed by atoms with Gasteiger partial charge in [0.05, 0.1) is 5.56 Å². The molecule has 1 unspecified atom stereocenters. The van der Waals surface area contributed by atoms with Gasteiger partial charge in [-0.2, -0.15) is 13.2 Å². The fourth-order valence-electron chi connectivity index (χ4n) is 2.14. The first-order chi connectivity index (χ1) is 7.83. The minimum Gasteiger partial charge on any atom is -0.166 e. The van der Waals surface area contributed by atoms with Crippen molar-refractivity contribution in [2.24, 2.45) is 5.41 Å². The van der Waals surface area contributed by atoms with E-state index < -0.39 is 11.7 Å². The lowest BCUT2D eigenvalue weighted by atomic mass is 9.93. The van der Waals surface area contributed by atoms with E-state index >= 15 is 0 Å². The average molecular weight is 307 g/mol. The van der Waals surface area contributed by atoms with Crippen LogP contribution in [0.25, 0.3) is 0 Å². The van der Waals surface area contributed by atoms with Crippen LogP contribution < -0.4 is 0 Å². The summed E-state index contributed by atoms with van der Waals surface area (Å²) in [4.78, 5) is 0.351. The standard InChI is InChI=1S/C13H14BrF3/c1-9(14)12(5-6-12)8-10-3-2-4-11(7-10)13(15,16)17/h2-4,7,9H,5-6,8H2,1H3. The van der Waals surface area contributed by atoms with Crippen LogP contribution in [0.1, 0.15) is 30.9 Å². The van der Waals surface area contributed by atoms with E-state index in [1.807, 2.05) is 0 Å². The number of hydrogen-bond acceptors (Lipinski definition) is 0. The average Bonchev–Trinajstić information content (AvgIpc) is 2.98. The maximum atomic E-state index is 12.6. The highest BCUT2D eigenvalue weighted by Crippen LogP contribution is 2.53. The molecule has 1 saturated carbocycles. The summed E-state index contributed by atoms with van der Waals surface area (Å²) in [7, 11) is 0. The summed E-state index contributed by atoms with van der Waals surface area (Å²) >= 11 is 3.55. The van der Waals surface area contributed by atoms with Gasteiger partial charge in [0.25, 0.3) is 0 Å². The van der Waals surface area contributed by atoms with Gasteiger partial charge in [0.1, 0.15) is 0 Å². The minimum atomic E-state index is -4.24. The Morgan fingerprint density at radius 3 is 2.47 bits per heavy atom. The largest absolute Gasteiger partial charge is 0.416 e. The zero-order valence-corrected chi connectivity index (χ0v) is 11.1. The van der Waals surface area contributed by atoms with Crippen molar-refractivity contribution in [1.82, 2.24) is 0 Å². The molecule has 0 N–H and O–H groups in total. The molecule has 0 radical (unpaired) electrons. The van der Waals surface area contributed by atoms with Gasteiger partial charge in [-0.3, -0.25) is 0 Å². The highest BCUT2D eigenvalue weighted by molar-refractivity contribution is 9.09. The van der Waals surface area contributed by atoms with Gasteiger partial charge in [-0.1, -0.05) is 41.1 Å². The van der Waals surface area contributed by atoms with Crippen LogP contribution in [0.5, 0.6) is 0 Å². The van der Waals surface area contributed by atoms with Gasteiger partial charge in [-0.15, -0.1) is 0 Å². The summed E-state index contributed by atoms with van der Waals surface area (Å²) in [6.45, 7) is 2.07. The predicted molar refractivity (Wildman–Crippen MR) is 65.2 cm³/mol.